The normalized spacial score (nSPS) is 13.4. The molecule has 0 unspecified atom stereocenters. The molecule has 2 heterocycles. The molecule has 0 aliphatic heterocycles. The van der Waals surface area contributed by atoms with Crippen molar-refractivity contribution in [1.29, 1.82) is 0 Å². The van der Waals surface area contributed by atoms with Crippen LogP contribution in [0.5, 0.6) is 0 Å². The van der Waals surface area contributed by atoms with Crippen molar-refractivity contribution in [1.82, 2.24) is 0 Å². The maximum absolute atomic E-state index is 11.8. The van der Waals surface area contributed by atoms with Crippen LogP contribution < -0.4 is 9.80 Å². The predicted octanol–water partition coefficient (Wildman–Crippen LogP) is 14.7. The van der Waals surface area contributed by atoms with Crippen LogP contribution in [-0.4, -0.2) is 31.0 Å². The highest BCUT2D eigenvalue weighted by Crippen LogP contribution is 2.49. The van der Waals surface area contributed by atoms with Gasteiger partial charge in [0.2, 0.25) is 0 Å². The Kier molecular flexibility index (Phi) is 9.37. The Labute approximate surface area is 366 Å². The largest absolute Gasteiger partial charge is 0.506 e. The van der Waals surface area contributed by atoms with E-state index in [0.717, 1.165) is 81.9 Å². The number of furan rings is 2. The van der Waals surface area contributed by atoms with Gasteiger partial charge in [-0.1, -0.05) is 127 Å². The monoisotopic (exact) mass is 818 g/mol. The average Bonchev–Trinajstić information content (AvgIpc) is 3.87. The summed E-state index contributed by atoms with van der Waals surface area (Å²) < 4.78 is 13.4. The van der Waals surface area contributed by atoms with Crippen LogP contribution in [0.2, 0.25) is 0 Å². The second-order valence-corrected chi connectivity index (χ2v) is 16.0. The SMILES string of the molecule is [B]/C(=C\C=C/C)N(c1ccc2ccc3c(N(/C(C(=C)O)=C(O)/C(O)=C(/[B])C)c4cccc5c4oc4c(C)cccc45)ccc4ccc1c2c43)c1cccc2c1oc1c(C)cccc12. The molecular formula is C54H40B2N2O5. The number of aryl methyl sites for hydroxylation is 2. The van der Waals surface area contributed by atoms with E-state index in [-0.39, 0.29) is 11.2 Å². The van der Waals surface area contributed by atoms with Crippen molar-refractivity contribution in [3.05, 3.63) is 191 Å². The lowest BCUT2D eigenvalue weighted by Crippen LogP contribution is -2.21. The van der Waals surface area contributed by atoms with Gasteiger partial charge in [0.05, 0.1) is 22.7 Å². The van der Waals surface area contributed by atoms with Crippen molar-refractivity contribution in [3.63, 3.8) is 0 Å². The van der Waals surface area contributed by atoms with Crippen LogP contribution in [-0.2, 0) is 0 Å². The lowest BCUT2D eigenvalue weighted by atomic mass is 9.90. The summed E-state index contributed by atoms with van der Waals surface area (Å²) >= 11 is 0. The molecule has 0 spiro atoms. The fourth-order valence-corrected chi connectivity index (χ4v) is 9.12. The second kappa shape index (κ2) is 15.0. The molecule has 0 bridgehead atoms. The number of anilines is 4. The standard InChI is InChI=1S/C54H40B2N2O5/c1-6-7-20-45(56)57(43-18-10-16-37-35-14-8-12-29(2)51(35)62-53(37)43)41-27-23-33-22-26-40-42(28-24-34-21-25-39(41)46(33)47(34)40)58(48(32(5)59)50(61)49(60)31(4)55)44-19-11-17-38-36-15-9-13-30(3)52(36)63-54(38)44/h6-28,59-61H,5H2,1-4H3/b7-6-,45-20+,49-31-,50-48-. The van der Waals surface area contributed by atoms with Crippen molar-refractivity contribution >= 4 is 115 Å². The summed E-state index contributed by atoms with van der Waals surface area (Å²) in [5.41, 5.74) is 7.67. The minimum Gasteiger partial charge on any atom is -0.506 e. The van der Waals surface area contributed by atoms with Gasteiger partial charge in [-0.25, -0.2) is 0 Å². The maximum atomic E-state index is 11.8. The van der Waals surface area contributed by atoms with E-state index in [4.69, 9.17) is 24.5 Å². The van der Waals surface area contributed by atoms with Gasteiger partial charge in [0.1, 0.15) is 44.1 Å². The smallest absolute Gasteiger partial charge is 0.184 e. The summed E-state index contributed by atoms with van der Waals surface area (Å²) in [5.74, 6) is -1.77. The van der Waals surface area contributed by atoms with Gasteiger partial charge < -0.3 is 29.1 Å². The second-order valence-electron chi connectivity index (χ2n) is 16.0. The molecule has 4 radical (unpaired) electrons. The number of hydrogen-bond donors (Lipinski definition) is 3. The minimum atomic E-state index is -0.659. The van der Waals surface area contributed by atoms with E-state index in [1.165, 1.54) is 6.92 Å². The van der Waals surface area contributed by atoms with Crippen LogP contribution in [0.1, 0.15) is 25.0 Å². The zero-order chi connectivity index (χ0) is 43.8. The van der Waals surface area contributed by atoms with Gasteiger partial charge in [-0.15, -0.1) is 0 Å². The Hall–Kier alpha value is -7.77. The lowest BCUT2D eigenvalue weighted by Gasteiger charge is -2.31. The highest BCUT2D eigenvalue weighted by Gasteiger charge is 2.30. The van der Waals surface area contributed by atoms with Crippen molar-refractivity contribution < 1.29 is 24.2 Å². The first-order valence-corrected chi connectivity index (χ1v) is 20.7. The molecular weight excluding hydrogens is 778 g/mol. The number of allylic oxidation sites excluding steroid dienone is 4. The molecule has 0 atom stereocenters. The summed E-state index contributed by atoms with van der Waals surface area (Å²) in [6.45, 7) is 11.3. The van der Waals surface area contributed by atoms with Crippen molar-refractivity contribution in [2.75, 3.05) is 9.80 Å². The van der Waals surface area contributed by atoms with Crippen LogP contribution in [0.4, 0.5) is 22.7 Å². The van der Waals surface area contributed by atoms with E-state index in [2.05, 4.69) is 49.0 Å². The number of aliphatic hydroxyl groups excluding tert-OH is 3. The Morgan fingerprint density at radius 3 is 1.46 bits per heavy atom. The first-order valence-electron chi connectivity index (χ1n) is 20.7. The first kappa shape index (κ1) is 39.4. The molecule has 0 aliphatic rings. The lowest BCUT2D eigenvalue weighted by molar-refractivity contribution is 0.313. The van der Waals surface area contributed by atoms with Crippen LogP contribution in [0.3, 0.4) is 0 Å². The van der Waals surface area contributed by atoms with E-state index < -0.39 is 17.3 Å². The number of benzene rings is 8. The number of hydrogen-bond acceptors (Lipinski definition) is 7. The fraction of sp³-hybridized carbons (Fsp3) is 0.0741. The molecule has 0 saturated heterocycles. The third-order valence-electron chi connectivity index (χ3n) is 12.0. The third kappa shape index (κ3) is 6.06. The Morgan fingerprint density at radius 1 is 0.540 bits per heavy atom. The third-order valence-corrected chi connectivity index (χ3v) is 12.0. The summed E-state index contributed by atoms with van der Waals surface area (Å²) in [7, 11) is 13.1. The van der Waals surface area contributed by atoms with Crippen molar-refractivity contribution in [2.45, 2.75) is 27.7 Å². The van der Waals surface area contributed by atoms with Gasteiger partial charge in [0, 0.05) is 32.3 Å². The summed E-state index contributed by atoms with van der Waals surface area (Å²) in [5, 5.41) is 43.8. The Morgan fingerprint density at radius 2 is 0.984 bits per heavy atom. The molecule has 10 aromatic rings. The van der Waals surface area contributed by atoms with Gasteiger partial charge in [0.15, 0.2) is 16.9 Å². The molecule has 3 N–H and O–H groups in total. The van der Waals surface area contributed by atoms with Crippen LogP contribution in [0, 0.1) is 13.8 Å². The van der Waals surface area contributed by atoms with E-state index in [1.807, 2.05) is 123 Å². The zero-order valence-electron chi connectivity index (χ0n) is 35.2. The highest BCUT2D eigenvalue weighted by molar-refractivity contribution is 6.30. The predicted molar refractivity (Wildman–Crippen MR) is 262 cm³/mol. The van der Waals surface area contributed by atoms with Gasteiger partial charge >= 0.3 is 0 Å². The topological polar surface area (TPSA) is 93.5 Å². The number of rotatable bonds is 9. The molecule has 0 saturated carbocycles. The molecule has 302 valence electrons. The van der Waals surface area contributed by atoms with Crippen LogP contribution in [0.15, 0.2) is 189 Å². The molecule has 63 heavy (non-hydrogen) atoms. The maximum Gasteiger partial charge on any atom is 0.184 e. The van der Waals surface area contributed by atoms with Gasteiger partial charge in [-0.05, 0) is 90.2 Å². The van der Waals surface area contributed by atoms with Gasteiger partial charge in [-0.2, -0.15) is 0 Å². The first-order chi connectivity index (χ1) is 30.5. The fourth-order valence-electron chi connectivity index (χ4n) is 9.12. The summed E-state index contributed by atoms with van der Waals surface area (Å²) in [6, 6.07) is 40.4. The number of para-hydroxylation sites is 4. The van der Waals surface area contributed by atoms with Gasteiger partial charge in [0.25, 0.3) is 0 Å². The highest BCUT2D eigenvalue weighted by atomic mass is 16.3. The van der Waals surface area contributed by atoms with Crippen molar-refractivity contribution in [2.24, 2.45) is 0 Å². The number of aliphatic hydroxyl groups is 3. The van der Waals surface area contributed by atoms with E-state index >= 15 is 0 Å². The Balaban J connectivity index is 1.29. The average molecular weight is 819 g/mol. The molecule has 10 rings (SSSR count). The molecule has 0 amide bonds. The summed E-state index contributed by atoms with van der Waals surface area (Å²) in [6.07, 6.45) is 5.74. The van der Waals surface area contributed by atoms with E-state index in [1.54, 1.807) is 4.90 Å². The van der Waals surface area contributed by atoms with Crippen LogP contribution >= 0.6 is 0 Å². The quantitative estimate of drug-likeness (QED) is 0.0578. The molecule has 0 fully saturated rings. The van der Waals surface area contributed by atoms with Crippen LogP contribution in [0.25, 0.3) is 76.2 Å². The number of fused-ring (bicyclic) bond motifs is 6. The Bertz CT molecular complexity index is 3660. The molecule has 7 nitrogen and oxygen atoms in total. The molecule has 8 aromatic carbocycles. The minimum absolute atomic E-state index is 0.0486. The number of nitrogens with zero attached hydrogens (tertiary/aromatic N) is 2. The molecule has 0 aliphatic carbocycles. The van der Waals surface area contributed by atoms with E-state index in [9.17, 15) is 15.3 Å². The zero-order valence-corrected chi connectivity index (χ0v) is 35.2. The van der Waals surface area contributed by atoms with E-state index in [0.29, 0.717) is 33.7 Å². The molecule has 2 aromatic heterocycles. The summed E-state index contributed by atoms with van der Waals surface area (Å²) in [4.78, 5) is 3.72. The van der Waals surface area contributed by atoms with Gasteiger partial charge in [-0.3, -0.25) is 4.90 Å². The van der Waals surface area contributed by atoms with Crippen molar-refractivity contribution in [3.8, 4) is 0 Å². The molecule has 9 heteroatoms.